The first-order valence-electron chi connectivity index (χ1n) is 12.7. The molecular weight excluding hydrogens is 500 g/mol. The van der Waals surface area contributed by atoms with Crippen molar-refractivity contribution in [2.45, 2.75) is 37.5 Å². The summed E-state index contributed by atoms with van der Waals surface area (Å²) in [6, 6.07) is 21.8. The maximum Gasteiger partial charge on any atom is 0.248 e. The van der Waals surface area contributed by atoms with Crippen molar-refractivity contribution in [3.63, 3.8) is 0 Å². The normalized spacial score (nSPS) is 14.9. The van der Waals surface area contributed by atoms with Crippen molar-refractivity contribution in [3.05, 3.63) is 90.0 Å². The lowest BCUT2D eigenvalue weighted by molar-refractivity contribution is -0.111. The number of hydrogen-bond acceptors (Lipinski definition) is 5. The van der Waals surface area contributed by atoms with Crippen LogP contribution < -0.4 is 10.1 Å². The van der Waals surface area contributed by atoms with E-state index in [1.807, 2.05) is 12.1 Å². The first-order chi connectivity index (χ1) is 18.2. The zero-order valence-electron chi connectivity index (χ0n) is 22.0. The fraction of sp³-hybridized carbons (Fsp3) is 0.300. The molecule has 1 saturated heterocycles. The fourth-order valence-electron chi connectivity index (χ4n) is 3.96. The van der Waals surface area contributed by atoms with Gasteiger partial charge in [0.05, 0.1) is 18.1 Å². The molecule has 0 aromatic heterocycles. The van der Waals surface area contributed by atoms with Crippen molar-refractivity contribution in [1.82, 2.24) is 4.31 Å². The number of ether oxygens (including phenoxy) is 2. The molecule has 7 nitrogen and oxygen atoms in total. The van der Waals surface area contributed by atoms with Crippen LogP contribution in [0.1, 0.15) is 38.3 Å². The lowest BCUT2D eigenvalue weighted by atomic mass is 9.82. The molecule has 4 rings (SSSR count). The van der Waals surface area contributed by atoms with Crippen LogP contribution in [-0.2, 0) is 25.0 Å². The molecule has 1 fully saturated rings. The third-order valence-corrected chi connectivity index (χ3v) is 8.71. The van der Waals surface area contributed by atoms with Crippen LogP contribution >= 0.6 is 0 Å². The predicted molar refractivity (Wildman–Crippen MR) is 150 cm³/mol. The molecule has 0 spiro atoms. The Hall–Kier alpha value is -3.46. The smallest absolute Gasteiger partial charge is 0.248 e. The van der Waals surface area contributed by atoms with Crippen LogP contribution in [0.4, 0.5) is 5.69 Å². The van der Waals surface area contributed by atoms with Gasteiger partial charge in [-0.25, -0.2) is 8.42 Å². The minimum atomic E-state index is -3.54. The Bertz CT molecular complexity index is 1360. The standard InChI is InChI=1S/C30H34N2O5S/c1-4-30(2,3)24-8-12-26(13-9-24)37-27-14-10-25(11-15-27)31-29(33)18-7-23-5-16-28(17-6-23)38(34,35)32-19-21-36-22-20-32/h5-18H,4,19-22H2,1-3H3,(H,31,33). The third kappa shape index (κ3) is 6.89. The summed E-state index contributed by atoms with van der Waals surface area (Å²) in [5, 5.41) is 2.82. The van der Waals surface area contributed by atoms with E-state index in [-0.39, 0.29) is 16.2 Å². The SMILES string of the molecule is CCC(C)(C)c1ccc(Oc2ccc(NC(=O)C=Cc3ccc(S(=O)(=O)N4CCOCC4)cc3)cc2)cc1. The van der Waals surface area contributed by atoms with Crippen molar-refractivity contribution >= 4 is 27.7 Å². The van der Waals surface area contributed by atoms with E-state index in [4.69, 9.17) is 9.47 Å². The van der Waals surface area contributed by atoms with Gasteiger partial charge < -0.3 is 14.8 Å². The Kier molecular flexibility index (Phi) is 8.66. The molecule has 200 valence electrons. The number of amides is 1. The first-order valence-corrected chi connectivity index (χ1v) is 14.2. The molecule has 0 bridgehead atoms. The van der Waals surface area contributed by atoms with Crippen LogP contribution in [0.2, 0.25) is 0 Å². The molecule has 0 radical (unpaired) electrons. The summed E-state index contributed by atoms with van der Waals surface area (Å²) in [6.45, 7) is 8.12. The van der Waals surface area contributed by atoms with Gasteiger partial charge in [-0.15, -0.1) is 0 Å². The molecule has 0 unspecified atom stereocenters. The summed E-state index contributed by atoms with van der Waals surface area (Å²) in [5.41, 5.74) is 2.75. The van der Waals surface area contributed by atoms with E-state index in [9.17, 15) is 13.2 Å². The second-order valence-corrected chi connectivity index (χ2v) is 11.7. The molecule has 0 saturated carbocycles. The molecule has 1 aliphatic rings. The van der Waals surface area contributed by atoms with E-state index in [1.54, 1.807) is 54.6 Å². The summed E-state index contributed by atoms with van der Waals surface area (Å²) in [7, 11) is -3.54. The molecule has 0 atom stereocenters. The molecule has 1 heterocycles. The van der Waals surface area contributed by atoms with Crippen LogP contribution in [0.25, 0.3) is 6.08 Å². The van der Waals surface area contributed by atoms with E-state index < -0.39 is 10.0 Å². The second kappa shape index (κ2) is 11.9. The number of rotatable bonds is 9. The largest absolute Gasteiger partial charge is 0.457 e. The molecule has 3 aromatic carbocycles. The van der Waals surface area contributed by atoms with E-state index in [1.165, 1.54) is 15.9 Å². The Morgan fingerprint density at radius 2 is 1.53 bits per heavy atom. The maximum atomic E-state index is 12.7. The van der Waals surface area contributed by atoms with E-state index in [0.717, 1.165) is 17.7 Å². The molecule has 1 N–H and O–H groups in total. The zero-order chi connectivity index (χ0) is 27.2. The highest BCUT2D eigenvalue weighted by atomic mass is 32.2. The van der Waals surface area contributed by atoms with Gasteiger partial charge in [0.15, 0.2) is 0 Å². The lowest BCUT2D eigenvalue weighted by Crippen LogP contribution is -2.40. The molecular formula is C30H34N2O5S. The minimum absolute atomic E-state index is 0.125. The van der Waals surface area contributed by atoms with E-state index >= 15 is 0 Å². The highest BCUT2D eigenvalue weighted by molar-refractivity contribution is 7.89. The van der Waals surface area contributed by atoms with E-state index in [0.29, 0.717) is 37.7 Å². The number of carbonyl (C=O) groups excluding carboxylic acids is 1. The Labute approximate surface area is 225 Å². The molecule has 8 heteroatoms. The quantitative estimate of drug-likeness (QED) is 0.349. The van der Waals surface area contributed by atoms with E-state index in [2.05, 4.69) is 38.2 Å². The summed E-state index contributed by atoms with van der Waals surface area (Å²) in [6.07, 6.45) is 4.11. The van der Waals surface area contributed by atoms with Gasteiger partial charge in [0.2, 0.25) is 15.9 Å². The van der Waals surface area contributed by atoms with Gasteiger partial charge in [0.1, 0.15) is 11.5 Å². The molecule has 1 amide bonds. The van der Waals surface area contributed by atoms with Crippen LogP contribution in [0.3, 0.4) is 0 Å². The highest BCUT2D eigenvalue weighted by Gasteiger charge is 2.26. The van der Waals surface area contributed by atoms with Gasteiger partial charge in [-0.3, -0.25) is 4.79 Å². The molecule has 0 aliphatic carbocycles. The van der Waals surface area contributed by atoms with Gasteiger partial charge in [-0.1, -0.05) is 45.0 Å². The Morgan fingerprint density at radius 3 is 2.11 bits per heavy atom. The van der Waals surface area contributed by atoms with Crippen molar-refractivity contribution < 1.29 is 22.7 Å². The highest BCUT2D eigenvalue weighted by Crippen LogP contribution is 2.30. The number of sulfonamides is 1. The summed E-state index contributed by atoms with van der Waals surface area (Å²) in [4.78, 5) is 12.6. The number of carbonyl (C=O) groups is 1. The van der Waals surface area contributed by atoms with Gasteiger partial charge in [0, 0.05) is 24.9 Å². The second-order valence-electron chi connectivity index (χ2n) is 9.80. The number of nitrogens with zero attached hydrogens (tertiary/aromatic N) is 1. The molecule has 3 aromatic rings. The summed E-state index contributed by atoms with van der Waals surface area (Å²) >= 11 is 0. The van der Waals surface area contributed by atoms with Gasteiger partial charge >= 0.3 is 0 Å². The van der Waals surface area contributed by atoms with Crippen molar-refractivity contribution in [1.29, 1.82) is 0 Å². The van der Waals surface area contributed by atoms with Crippen molar-refractivity contribution in [2.75, 3.05) is 31.6 Å². The average Bonchev–Trinajstić information content (AvgIpc) is 2.94. The summed E-state index contributed by atoms with van der Waals surface area (Å²) < 4.78 is 38.1. The van der Waals surface area contributed by atoms with Crippen molar-refractivity contribution in [3.8, 4) is 11.5 Å². The topological polar surface area (TPSA) is 84.9 Å². The van der Waals surface area contributed by atoms with Crippen LogP contribution in [0, 0.1) is 0 Å². The van der Waals surface area contributed by atoms with Crippen molar-refractivity contribution in [2.24, 2.45) is 0 Å². The van der Waals surface area contributed by atoms with Crippen LogP contribution in [0.15, 0.2) is 83.8 Å². The molecule has 1 aliphatic heterocycles. The van der Waals surface area contributed by atoms with Crippen LogP contribution in [0.5, 0.6) is 11.5 Å². The minimum Gasteiger partial charge on any atom is -0.457 e. The van der Waals surface area contributed by atoms with Crippen LogP contribution in [-0.4, -0.2) is 44.9 Å². The number of anilines is 1. The predicted octanol–water partition coefficient (Wildman–Crippen LogP) is 5.84. The van der Waals surface area contributed by atoms with Gasteiger partial charge in [-0.2, -0.15) is 4.31 Å². The third-order valence-electron chi connectivity index (χ3n) is 6.79. The first kappa shape index (κ1) is 27.6. The lowest BCUT2D eigenvalue weighted by Gasteiger charge is -2.26. The van der Waals surface area contributed by atoms with Gasteiger partial charge in [0.25, 0.3) is 0 Å². The number of hydrogen-bond donors (Lipinski definition) is 1. The monoisotopic (exact) mass is 534 g/mol. The molecule has 38 heavy (non-hydrogen) atoms. The Balaban J connectivity index is 1.31. The average molecular weight is 535 g/mol. The Morgan fingerprint density at radius 1 is 0.947 bits per heavy atom. The summed E-state index contributed by atoms with van der Waals surface area (Å²) in [5.74, 6) is 1.13. The van der Waals surface area contributed by atoms with Gasteiger partial charge in [-0.05, 0) is 77.6 Å². The number of benzene rings is 3. The fourth-order valence-corrected chi connectivity index (χ4v) is 5.37. The number of morpholine rings is 1. The number of nitrogens with one attached hydrogen (secondary N) is 1. The zero-order valence-corrected chi connectivity index (χ0v) is 22.8. The maximum absolute atomic E-state index is 12.7.